The van der Waals surface area contributed by atoms with Crippen molar-refractivity contribution in [1.29, 1.82) is 0 Å². The first kappa shape index (κ1) is 16.4. The van der Waals surface area contributed by atoms with Gasteiger partial charge in [-0.25, -0.2) is 8.42 Å². The molecule has 0 aromatic heterocycles. The second kappa shape index (κ2) is 6.87. The van der Waals surface area contributed by atoms with Crippen molar-refractivity contribution in [1.82, 2.24) is 14.5 Å². The van der Waals surface area contributed by atoms with Gasteiger partial charge in [0, 0.05) is 37.7 Å². The van der Waals surface area contributed by atoms with E-state index in [1.165, 1.54) is 19.2 Å². The molecule has 0 bridgehead atoms. The van der Waals surface area contributed by atoms with Crippen LogP contribution >= 0.6 is 15.9 Å². The highest BCUT2D eigenvalue weighted by Crippen LogP contribution is 2.17. The Morgan fingerprint density at radius 2 is 1.86 bits per heavy atom. The highest BCUT2D eigenvalue weighted by Gasteiger charge is 2.25. The van der Waals surface area contributed by atoms with Crippen LogP contribution in [0, 0.1) is 0 Å². The van der Waals surface area contributed by atoms with Crippen LogP contribution in [0.25, 0.3) is 0 Å². The molecular formula is C13H18BrN3O3S. The zero-order valence-corrected chi connectivity index (χ0v) is 14.2. The molecule has 1 aromatic rings. The third-order valence-electron chi connectivity index (χ3n) is 3.35. The Bertz CT molecular complexity index is 598. The first-order chi connectivity index (χ1) is 9.91. The lowest BCUT2D eigenvalue weighted by atomic mass is 10.3. The number of carbonyl (C=O) groups is 1. The van der Waals surface area contributed by atoms with Gasteiger partial charge < -0.3 is 10.2 Å². The molecule has 1 heterocycles. The number of likely N-dealkylation sites (N-methyl/N-ethyl adjacent to an activating group) is 1. The van der Waals surface area contributed by atoms with Gasteiger partial charge >= 0.3 is 0 Å². The number of sulfonamides is 1. The number of halogens is 1. The second-order valence-electron chi connectivity index (χ2n) is 4.85. The van der Waals surface area contributed by atoms with Gasteiger partial charge in [0.15, 0.2) is 0 Å². The molecule has 1 amide bonds. The molecule has 116 valence electrons. The van der Waals surface area contributed by atoms with E-state index in [9.17, 15) is 13.2 Å². The maximum atomic E-state index is 12.4. The van der Waals surface area contributed by atoms with Gasteiger partial charge in [-0.15, -0.1) is 0 Å². The monoisotopic (exact) mass is 375 g/mol. The van der Waals surface area contributed by atoms with Crippen LogP contribution in [0.2, 0.25) is 0 Å². The van der Waals surface area contributed by atoms with Crippen LogP contribution in [-0.4, -0.2) is 63.3 Å². The van der Waals surface area contributed by atoms with Crippen LogP contribution in [0.15, 0.2) is 33.6 Å². The van der Waals surface area contributed by atoms with E-state index in [4.69, 9.17) is 0 Å². The molecular weight excluding hydrogens is 358 g/mol. The summed E-state index contributed by atoms with van der Waals surface area (Å²) < 4.78 is 26.7. The van der Waals surface area contributed by atoms with Gasteiger partial charge in [0.25, 0.3) is 0 Å². The number of rotatable bonds is 4. The zero-order valence-electron chi connectivity index (χ0n) is 11.8. The number of carbonyl (C=O) groups excluding carboxylic acids is 1. The summed E-state index contributed by atoms with van der Waals surface area (Å²) in [6.07, 6.45) is 0. The van der Waals surface area contributed by atoms with Crippen molar-refractivity contribution >= 4 is 31.9 Å². The van der Waals surface area contributed by atoms with Crippen molar-refractivity contribution in [3.05, 3.63) is 28.7 Å². The summed E-state index contributed by atoms with van der Waals surface area (Å²) in [4.78, 5) is 14.0. The van der Waals surface area contributed by atoms with Crippen molar-refractivity contribution in [2.24, 2.45) is 0 Å². The minimum atomic E-state index is -3.64. The summed E-state index contributed by atoms with van der Waals surface area (Å²) in [6, 6.07) is 6.37. The molecule has 0 aliphatic carbocycles. The number of hydrogen-bond donors (Lipinski definition) is 1. The topological polar surface area (TPSA) is 69.7 Å². The minimum absolute atomic E-state index is 0.140. The molecule has 1 aliphatic rings. The molecule has 2 rings (SSSR count). The number of nitrogens with zero attached hydrogens (tertiary/aromatic N) is 2. The van der Waals surface area contributed by atoms with Crippen LogP contribution in [-0.2, 0) is 14.8 Å². The lowest BCUT2D eigenvalue weighted by Gasteiger charge is -2.29. The fourth-order valence-corrected chi connectivity index (χ4v) is 3.46. The van der Waals surface area contributed by atoms with Gasteiger partial charge in [-0.2, -0.15) is 4.31 Å². The van der Waals surface area contributed by atoms with E-state index < -0.39 is 10.0 Å². The number of nitrogens with one attached hydrogen (secondary N) is 1. The lowest BCUT2D eigenvalue weighted by Crippen LogP contribution is -2.49. The summed E-state index contributed by atoms with van der Waals surface area (Å²) in [7, 11) is -2.21. The minimum Gasteiger partial charge on any atom is -0.339 e. The number of amides is 1. The van der Waals surface area contributed by atoms with Crippen LogP contribution in [0.5, 0.6) is 0 Å². The Hall–Kier alpha value is -0.960. The van der Waals surface area contributed by atoms with Crippen LogP contribution < -0.4 is 5.32 Å². The molecule has 21 heavy (non-hydrogen) atoms. The smallest absolute Gasteiger partial charge is 0.243 e. The Balaban J connectivity index is 2.06. The quantitative estimate of drug-likeness (QED) is 0.831. The average Bonchev–Trinajstić information content (AvgIpc) is 2.48. The fraction of sp³-hybridized carbons (Fsp3) is 0.462. The summed E-state index contributed by atoms with van der Waals surface area (Å²) in [5.41, 5.74) is 0. The molecule has 1 saturated heterocycles. The zero-order chi connectivity index (χ0) is 15.5. The molecule has 1 aromatic carbocycles. The van der Waals surface area contributed by atoms with E-state index in [-0.39, 0.29) is 17.3 Å². The Morgan fingerprint density at radius 3 is 2.43 bits per heavy atom. The van der Waals surface area contributed by atoms with Crippen LogP contribution in [0.3, 0.4) is 0 Å². The van der Waals surface area contributed by atoms with Crippen LogP contribution in [0.1, 0.15) is 0 Å². The molecule has 6 nitrogen and oxygen atoms in total. The molecule has 0 spiro atoms. The van der Waals surface area contributed by atoms with Crippen LogP contribution in [0.4, 0.5) is 0 Å². The SMILES string of the molecule is CN(CC(=O)N1CCNCC1)S(=O)(=O)c1ccc(Br)cc1. The molecule has 8 heteroatoms. The highest BCUT2D eigenvalue weighted by atomic mass is 79.9. The average molecular weight is 376 g/mol. The Kier molecular flexibility index (Phi) is 5.37. The molecule has 0 radical (unpaired) electrons. The van der Waals surface area contributed by atoms with Crippen molar-refractivity contribution in [2.75, 3.05) is 39.8 Å². The summed E-state index contributed by atoms with van der Waals surface area (Å²) in [5, 5.41) is 3.15. The highest BCUT2D eigenvalue weighted by molar-refractivity contribution is 9.10. The molecule has 0 saturated carbocycles. The van der Waals surface area contributed by atoms with Crippen molar-refractivity contribution in [3.8, 4) is 0 Å². The summed E-state index contributed by atoms with van der Waals surface area (Å²) >= 11 is 3.27. The van der Waals surface area contributed by atoms with E-state index in [0.717, 1.165) is 21.9 Å². The maximum absolute atomic E-state index is 12.4. The van der Waals surface area contributed by atoms with Crippen molar-refractivity contribution in [3.63, 3.8) is 0 Å². The summed E-state index contributed by atoms with van der Waals surface area (Å²) in [6.45, 7) is 2.58. The molecule has 0 atom stereocenters. The van der Waals surface area contributed by atoms with Crippen molar-refractivity contribution < 1.29 is 13.2 Å². The Labute approximate surface area is 133 Å². The van der Waals surface area contributed by atoms with Gasteiger partial charge in [0.05, 0.1) is 11.4 Å². The van der Waals surface area contributed by atoms with E-state index in [1.807, 2.05) is 0 Å². The second-order valence-corrected chi connectivity index (χ2v) is 7.81. The molecule has 1 fully saturated rings. The third-order valence-corrected chi connectivity index (χ3v) is 5.70. The lowest BCUT2D eigenvalue weighted by molar-refractivity contribution is -0.131. The first-order valence-electron chi connectivity index (χ1n) is 6.61. The fourth-order valence-electron chi connectivity index (χ4n) is 2.08. The predicted molar refractivity (Wildman–Crippen MR) is 83.4 cm³/mol. The molecule has 1 aliphatic heterocycles. The van der Waals surface area contributed by atoms with Gasteiger partial charge in [0.2, 0.25) is 15.9 Å². The van der Waals surface area contributed by atoms with Gasteiger partial charge in [0.1, 0.15) is 0 Å². The van der Waals surface area contributed by atoms with E-state index >= 15 is 0 Å². The molecule has 0 unspecified atom stereocenters. The summed E-state index contributed by atoms with van der Waals surface area (Å²) in [5.74, 6) is -0.167. The Morgan fingerprint density at radius 1 is 1.29 bits per heavy atom. The number of piperazine rings is 1. The van der Waals surface area contributed by atoms with E-state index in [1.54, 1.807) is 17.0 Å². The van der Waals surface area contributed by atoms with Gasteiger partial charge in [-0.1, -0.05) is 15.9 Å². The first-order valence-corrected chi connectivity index (χ1v) is 8.85. The third kappa shape index (κ3) is 4.03. The van der Waals surface area contributed by atoms with E-state index in [2.05, 4.69) is 21.2 Å². The van der Waals surface area contributed by atoms with Gasteiger partial charge in [-0.05, 0) is 24.3 Å². The normalized spacial score (nSPS) is 16.2. The molecule has 1 N–H and O–H groups in total. The van der Waals surface area contributed by atoms with Gasteiger partial charge in [-0.3, -0.25) is 4.79 Å². The van der Waals surface area contributed by atoms with E-state index in [0.29, 0.717) is 13.1 Å². The largest absolute Gasteiger partial charge is 0.339 e. The maximum Gasteiger partial charge on any atom is 0.243 e. The standard InChI is InChI=1S/C13H18BrN3O3S/c1-16(10-13(18)17-8-6-15-7-9-17)21(19,20)12-4-2-11(14)3-5-12/h2-5,15H,6-10H2,1H3. The number of benzene rings is 1. The predicted octanol–water partition coefficient (Wildman–Crippen LogP) is 0.501. The van der Waals surface area contributed by atoms with Crippen molar-refractivity contribution in [2.45, 2.75) is 4.90 Å². The number of hydrogen-bond acceptors (Lipinski definition) is 4.